The Balaban J connectivity index is 1.82. The summed E-state index contributed by atoms with van der Waals surface area (Å²) in [6.45, 7) is 4.20. The van der Waals surface area contributed by atoms with Crippen molar-refractivity contribution in [2.24, 2.45) is 5.92 Å². The van der Waals surface area contributed by atoms with Crippen molar-refractivity contribution in [2.75, 3.05) is 11.9 Å². The van der Waals surface area contributed by atoms with E-state index < -0.39 is 6.10 Å². The second-order valence-electron chi connectivity index (χ2n) is 6.44. The van der Waals surface area contributed by atoms with Crippen LogP contribution in [0.4, 0.5) is 5.82 Å². The zero-order valence-corrected chi connectivity index (χ0v) is 15.0. The van der Waals surface area contributed by atoms with Gasteiger partial charge in [-0.2, -0.15) is 5.10 Å². The van der Waals surface area contributed by atoms with Gasteiger partial charge in [0, 0.05) is 16.7 Å². The quantitative estimate of drug-likeness (QED) is 0.856. The smallest absolute Gasteiger partial charge is 0.254 e. The molecule has 7 heteroatoms. The van der Waals surface area contributed by atoms with Crippen molar-refractivity contribution in [3.63, 3.8) is 0 Å². The van der Waals surface area contributed by atoms with E-state index in [0.717, 1.165) is 12.0 Å². The minimum absolute atomic E-state index is 0.0715. The van der Waals surface area contributed by atoms with Gasteiger partial charge in [-0.3, -0.25) is 4.79 Å². The third-order valence-corrected chi connectivity index (χ3v) is 4.59. The molecule has 6 nitrogen and oxygen atoms in total. The first-order valence-corrected chi connectivity index (χ1v) is 8.76. The summed E-state index contributed by atoms with van der Waals surface area (Å²) in [6.07, 6.45) is 0.480. The number of aliphatic hydroxyl groups excluding tert-OH is 1. The summed E-state index contributed by atoms with van der Waals surface area (Å²) in [6, 6.07) is 9.10. The first-order valence-electron chi connectivity index (χ1n) is 8.39. The number of nitrogens with one attached hydrogen (secondary N) is 1. The van der Waals surface area contributed by atoms with Crippen LogP contribution in [0.25, 0.3) is 11.3 Å². The molecule has 0 saturated carbocycles. The monoisotopic (exact) mass is 363 g/mol. The van der Waals surface area contributed by atoms with Crippen LogP contribution in [0.5, 0.6) is 0 Å². The summed E-state index contributed by atoms with van der Waals surface area (Å²) in [5.74, 6) is 0.526. The van der Waals surface area contributed by atoms with Gasteiger partial charge in [0.1, 0.15) is 11.9 Å². The molecule has 2 N–H and O–H groups in total. The van der Waals surface area contributed by atoms with Gasteiger partial charge in [0.15, 0.2) is 0 Å². The Labute approximate surface area is 151 Å². The van der Waals surface area contributed by atoms with Crippen LogP contribution in [-0.2, 0) is 16.1 Å². The molecule has 0 radical (unpaired) electrons. The molecule has 0 unspecified atom stereocenters. The Morgan fingerprint density at radius 2 is 2.12 bits per heavy atom. The Morgan fingerprint density at radius 1 is 1.40 bits per heavy atom. The Hall–Kier alpha value is -1.89. The molecule has 2 heterocycles. The van der Waals surface area contributed by atoms with Crippen LogP contribution in [0.2, 0.25) is 5.02 Å². The molecule has 134 valence electrons. The summed E-state index contributed by atoms with van der Waals surface area (Å²) in [5, 5.41) is 17.3. The van der Waals surface area contributed by atoms with Gasteiger partial charge in [-0.05, 0) is 31.4 Å². The summed E-state index contributed by atoms with van der Waals surface area (Å²) in [7, 11) is 0. The van der Waals surface area contributed by atoms with Crippen LogP contribution in [0.15, 0.2) is 30.3 Å². The number of aliphatic hydroxyl groups is 1. The number of anilines is 1. The largest absolute Gasteiger partial charge is 0.394 e. The zero-order chi connectivity index (χ0) is 18.0. The molecule has 2 aromatic rings. The van der Waals surface area contributed by atoms with Gasteiger partial charge in [-0.15, -0.1) is 0 Å². The predicted octanol–water partition coefficient (Wildman–Crippen LogP) is 2.95. The van der Waals surface area contributed by atoms with E-state index in [0.29, 0.717) is 23.1 Å². The molecule has 1 aliphatic heterocycles. The molecule has 1 aromatic carbocycles. The van der Waals surface area contributed by atoms with Gasteiger partial charge < -0.3 is 15.2 Å². The highest BCUT2D eigenvalue weighted by atomic mass is 35.5. The average Bonchev–Trinajstić information content (AvgIpc) is 3.11. The molecular weight excluding hydrogens is 342 g/mol. The van der Waals surface area contributed by atoms with Gasteiger partial charge >= 0.3 is 0 Å². The molecule has 0 bridgehead atoms. The molecule has 0 spiro atoms. The van der Waals surface area contributed by atoms with Crippen LogP contribution >= 0.6 is 11.6 Å². The topological polar surface area (TPSA) is 76.4 Å². The molecule has 1 saturated heterocycles. The minimum atomic E-state index is -0.466. The van der Waals surface area contributed by atoms with E-state index in [-0.39, 0.29) is 24.5 Å². The van der Waals surface area contributed by atoms with E-state index in [4.69, 9.17) is 16.3 Å². The van der Waals surface area contributed by atoms with Gasteiger partial charge in [0.25, 0.3) is 5.91 Å². The number of rotatable bonds is 5. The fraction of sp³-hybridized carbons (Fsp3) is 0.444. The number of hydrogen-bond acceptors (Lipinski definition) is 4. The molecule has 0 aliphatic carbocycles. The van der Waals surface area contributed by atoms with Crippen molar-refractivity contribution in [2.45, 2.75) is 39.0 Å². The zero-order valence-electron chi connectivity index (χ0n) is 14.3. The van der Waals surface area contributed by atoms with Crippen LogP contribution < -0.4 is 5.32 Å². The molecule has 3 rings (SSSR count). The van der Waals surface area contributed by atoms with E-state index >= 15 is 0 Å². The fourth-order valence-corrected chi connectivity index (χ4v) is 3.27. The van der Waals surface area contributed by atoms with Crippen LogP contribution in [0, 0.1) is 5.92 Å². The Kier molecular flexibility index (Phi) is 5.42. The van der Waals surface area contributed by atoms with Gasteiger partial charge in [-0.25, -0.2) is 4.68 Å². The number of carbonyl (C=O) groups excluding carboxylic acids is 1. The molecule has 25 heavy (non-hydrogen) atoms. The SMILES string of the molecule is C[C@@H]1C[C@H](C)[C@@H](C(=O)Nc2cc(-c3ccc(Cl)cc3)nn2CCO)O1. The number of carbonyl (C=O) groups is 1. The van der Waals surface area contributed by atoms with Gasteiger partial charge in [0.2, 0.25) is 0 Å². The summed E-state index contributed by atoms with van der Waals surface area (Å²) >= 11 is 5.92. The Morgan fingerprint density at radius 3 is 2.72 bits per heavy atom. The second-order valence-corrected chi connectivity index (χ2v) is 6.87. The maximum atomic E-state index is 12.6. The van der Waals surface area contributed by atoms with E-state index in [2.05, 4.69) is 10.4 Å². The fourth-order valence-electron chi connectivity index (χ4n) is 3.15. The first-order chi connectivity index (χ1) is 12.0. The average molecular weight is 364 g/mol. The van der Waals surface area contributed by atoms with E-state index in [1.54, 1.807) is 22.9 Å². The summed E-state index contributed by atoms with van der Waals surface area (Å²) in [5.41, 5.74) is 1.59. The molecule has 3 atom stereocenters. The minimum Gasteiger partial charge on any atom is -0.394 e. The van der Waals surface area contributed by atoms with E-state index in [1.165, 1.54) is 0 Å². The number of aromatic nitrogens is 2. The lowest BCUT2D eigenvalue weighted by molar-refractivity contribution is -0.127. The highest BCUT2D eigenvalue weighted by Gasteiger charge is 2.35. The van der Waals surface area contributed by atoms with Crippen molar-refractivity contribution in [1.29, 1.82) is 0 Å². The third-order valence-electron chi connectivity index (χ3n) is 4.34. The first kappa shape index (κ1) is 17.9. The lowest BCUT2D eigenvalue weighted by atomic mass is 10.0. The maximum Gasteiger partial charge on any atom is 0.254 e. The van der Waals surface area contributed by atoms with Crippen molar-refractivity contribution >= 4 is 23.3 Å². The second kappa shape index (κ2) is 7.56. The lowest BCUT2D eigenvalue weighted by Gasteiger charge is -2.15. The normalized spacial score (nSPS) is 23.0. The highest BCUT2D eigenvalue weighted by molar-refractivity contribution is 6.30. The number of halogens is 1. The van der Waals surface area contributed by atoms with Crippen molar-refractivity contribution < 1.29 is 14.6 Å². The van der Waals surface area contributed by atoms with Crippen LogP contribution in [-0.4, -0.2) is 39.6 Å². The maximum absolute atomic E-state index is 12.6. The summed E-state index contributed by atoms with van der Waals surface area (Å²) in [4.78, 5) is 12.6. The van der Waals surface area contributed by atoms with E-state index in [1.807, 2.05) is 26.0 Å². The third kappa shape index (κ3) is 4.03. The highest BCUT2D eigenvalue weighted by Crippen LogP contribution is 2.28. The van der Waals surface area contributed by atoms with Crippen molar-refractivity contribution in [1.82, 2.24) is 9.78 Å². The molecular formula is C18H22ClN3O3. The molecule has 1 amide bonds. The number of amides is 1. The van der Waals surface area contributed by atoms with Gasteiger partial charge in [-0.1, -0.05) is 30.7 Å². The van der Waals surface area contributed by atoms with Crippen LogP contribution in [0.1, 0.15) is 20.3 Å². The van der Waals surface area contributed by atoms with E-state index in [9.17, 15) is 9.90 Å². The number of hydrogen-bond donors (Lipinski definition) is 2. The van der Waals surface area contributed by atoms with Crippen molar-refractivity contribution in [3.8, 4) is 11.3 Å². The number of ether oxygens (including phenoxy) is 1. The molecule has 1 aliphatic rings. The van der Waals surface area contributed by atoms with Crippen LogP contribution in [0.3, 0.4) is 0 Å². The predicted molar refractivity (Wildman–Crippen MR) is 96.5 cm³/mol. The standard InChI is InChI=1S/C18H22ClN3O3/c1-11-9-12(2)25-17(11)18(24)20-16-10-15(21-22(16)7-8-23)13-3-5-14(19)6-4-13/h3-6,10-12,17,23H,7-9H2,1-2H3,(H,20,24)/t11-,12+,17-/m0/s1. The Bertz CT molecular complexity index is 745. The number of benzene rings is 1. The van der Waals surface area contributed by atoms with Gasteiger partial charge in [0.05, 0.1) is 24.9 Å². The summed E-state index contributed by atoms with van der Waals surface area (Å²) < 4.78 is 7.29. The van der Waals surface area contributed by atoms with Crippen molar-refractivity contribution in [3.05, 3.63) is 35.4 Å². The number of nitrogens with zero attached hydrogens (tertiary/aromatic N) is 2. The molecule has 1 aromatic heterocycles. The lowest BCUT2D eigenvalue weighted by Crippen LogP contribution is -2.32. The molecule has 1 fully saturated rings.